The molecule has 0 radical (unpaired) electrons. The van der Waals surface area contributed by atoms with Crippen LogP contribution in [0.4, 0.5) is 0 Å². The van der Waals surface area contributed by atoms with E-state index in [1.54, 1.807) is 11.8 Å². The monoisotopic (exact) mass is 378 g/mol. The molecule has 3 aromatic rings. The molecule has 1 N–H and O–H groups in total. The number of carbonyl (C=O) groups excluding carboxylic acids is 1. The molecule has 0 bridgehead atoms. The van der Waals surface area contributed by atoms with E-state index in [4.69, 9.17) is 9.47 Å². The Balaban J connectivity index is 1.43. The summed E-state index contributed by atoms with van der Waals surface area (Å²) in [5.74, 6) is 0.491. The molecule has 1 aliphatic rings. The first-order valence-corrected chi connectivity index (χ1v) is 9.15. The highest BCUT2D eigenvalue weighted by molar-refractivity contribution is 5.93. The van der Waals surface area contributed by atoms with E-state index in [1.165, 1.54) is 5.56 Å². The third-order valence-corrected chi connectivity index (χ3v) is 4.85. The minimum absolute atomic E-state index is 0.0949. The number of benzene rings is 2. The van der Waals surface area contributed by atoms with Crippen LogP contribution in [-0.4, -0.2) is 28.0 Å². The topological polar surface area (TPSA) is 78.3 Å². The molecule has 2 heterocycles. The number of aromatic nitrogens is 3. The van der Waals surface area contributed by atoms with E-state index in [9.17, 15) is 4.79 Å². The largest absolute Gasteiger partial charge is 0.497 e. The molecule has 0 spiro atoms. The number of hydrogen-bond donors (Lipinski definition) is 1. The predicted octanol–water partition coefficient (Wildman–Crippen LogP) is 2.80. The van der Waals surface area contributed by atoms with Gasteiger partial charge in [0.25, 0.3) is 5.91 Å². The minimum Gasteiger partial charge on any atom is -0.497 e. The summed E-state index contributed by atoms with van der Waals surface area (Å²) in [6, 6.07) is 15.8. The van der Waals surface area contributed by atoms with Crippen LogP contribution in [0.15, 0.2) is 48.5 Å². The Labute approximate surface area is 163 Å². The second kappa shape index (κ2) is 7.82. The van der Waals surface area contributed by atoms with Gasteiger partial charge >= 0.3 is 0 Å². The zero-order chi connectivity index (χ0) is 19.5. The number of hydrogen-bond acceptors (Lipinski definition) is 5. The summed E-state index contributed by atoms with van der Waals surface area (Å²) in [4.78, 5) is 12.6. The van der Waals surface area contributed by atoms with E-state index in [0.717, 1.165) is 16.9 Å². The average Bonchev–Trinajstić information content (AvgIpc) is 3.16. The second-order valence-corrected chi connectivity index (χ2v) is 6.81. The maximum atomic E-state index is 12.6. The molecule has 7 nitrogen and oxygen atoms in total. The van der Waals surface area contributed by atoms with Crippen molar-refractivity contribution in [1.82, 2.24) is 20.3 Å². The molecule has 0 aliphatic carbocycles. The van der Waals surface area contributed by atoms with E-state index in [0.29, 0.717) is 31.1 Å². The van der Waals surface area contributed by atoms with Gasteiger partial charge in [0.05, 0.1) is 26.0 Å². The molecule has 0 unspecified atom stereocenters. The van der Waals surface area contributed by atoms with Crippen LogP contribution in [-0.2, 0) is 24.4 Å². The highest BCUT2D eigenvalue weighted by Gasteiger charge is 2.27. The van der Waals surface area contributed by atoms with E-state index >= 15 is 0 Å². The molecule has 0 saturated heterocycles. The predicted molar refractivity (Wildman–Crippen MR) is 103 cm³/mol. The lowest BCUT2D eigenvalue weighted by Gasteiger charge is -2.24. The van der Waals surface area contributed by atoms with Gasteiger partial charge in [-0.05, 0) is 30.2 Å². The SMILES string of the molecule is COc1cccc(CNC(=O)c2nnn3c2CO[C@H](c2ccc(C)cc2)C3)c1. The van der Waals surface area contributed by atoms with Crippen LogP contribution in [0.3, 0.4) is 0 Å². The van der Waals surface area contributed by atoms with Crippen LogP contribution in [0.2, 0.25) is 0 Å². The van der Waals surface area contributed by atoms with Gasteiger partial charge in [0.2, 0.25) is 0 Å². The zero-order valence-corrected chi connectivity index (χ0v) is 15.9. The quantitative estimate of drug-likeness (QED) is 0.739. The van der Waals surface area contributed by atoms with E-state index < -0.39 is 0 Å². The van der Waals surface area contributed by atoms with Crippen molar-refractivity contribution < 1.29 is 14.3 Å². The molecule has 1 atom stereocenters. The molecule has 0 saturated carbocycles. The third kappa shape index (κ3) is 3.75. The number of rotatable bonds is 5. The normalized spacial score (nSPS) is 15.7. The number of nitrogens with one attached hydrogen (secondary N) is 1. The first-order valence-electron chi connectivity index (χ1n) is 9.15. The summed E-state index contributed by atoms with van der Waals surface area (Å²) in [6.45, 7) is 3.27. The van der Waals surface area contributed by atoms with Crippen molar-refractivity contribution in [1.29, 1.82) is 0 Å². The highest BCUT2D eigenvalue weighted by Crippen LogP contribution is 2.27. The van der Waals surface area contributed by atoms with Crippen molar-refractivity contribution >= 4 is 5.91 Å². The maximum Gasteiger partial charge on any atom is 0.274 e. The van der Waals surface area contributed by atoms with Gasteiger partial charge in [0.15, 0.2) is 5.69 Å². The van der Waals surface area contributed by atoms with Crippen LogP contribution in [0, 0.1) is 6.92 Å². The van der Waals surface area contributed by atoms with E-state index in [-0.39, 0.29) is 12.0 Å². The molecule has 144 valence electrons. The van der Waals surface area contributed by atoms with Gasteiger partial charge < -0.3 is 14.8 Å². The van der Waals surface area contributed by atoms with Crippen molar-refractivity contribution in [2.75, 3.05) is 7.11 Å². The molecule has 1 amide bonds. The molecule has 28 heavy (non-hydrogen) atoms. The number of methoxy groups -OCH3 is 1. The second-order valence-electron chi connectivity index (χ2n) is 6.81. The lowest BCUT2D eigenvalue weighted by Crippen LogP contribution is -2.27. The Kier molecular flexibility index (Phi) is 5.08. The number of nitrogens with zero attached hydrogens (tertiary/aromatic N) is 3. The van der Waals surface area contributed by atoms with Crippen molar-refractivity contribution in [2.24, 2.45) is 0 Å². The lowest BCUT2D eigenvalue weighted by atomic mass is 10.1. The van der Waals surface area contributed by atoms with Gasteiger partial charge in [0.1, 0.15) is 11.9 Å². The van der Waals surface area contributed by atoms with Crippen LogP contribution >= 0.6 is 0 Å². The van der Waals surface area contributed by atoms with Gasteiger partial charge in [-0.2, -0.15) is 0 Å². The number of ether oxygens (including phenoxy) is 2. The number of fused-ring (bicyclic) bond motifs is 1. The van der Waals surface area contributed by atoms with Gasteiger partial charge in [-0.15, -0.1) is 5.10 Å². The zero-order valence-electron chi connectivity index (χ0n) is 15.9. The number of carbonyl (C=O) groups is 1. The summed E-state index contributed by atoms with van der Waals surface area (Å²) >= 11 is 0. The third-order valence-electron chi connectivity index (χ3n) is 4.85. The fourth-order valence-corrected chi connectivity index (χ4v) is 3.22. The molecule has 1 aliphatic heterocycles. The molecule has 2 aromatic carbocycles. The van der Waals surface area contributed by atoms with Gasteiger partial charge in [-0.1, -0.05) is 47.2 Å². The highest BCUT2D eigenvalue weighted by atomic mass is 16.5. The fourth-order valence-electron chi connectivity index (χ4n) is 3.22. The Morgan fingerprint density at radius 2 is 2.11 bits per heavy atom. The first kappa shape index (κ1) is 18.2. The summed E-state index contributed by atoms with van der Waals surface area (Å²) < 4.78 is 12.9. The summed E-state index contributed by atoms with van der Waals surface area (Å²) in [7, 11) is 1.62. The van der Waals surface area contributed by atoms with Crippen LogP contribution in [0.25, 0.3) is 0 Å². The maximum absolute atomic E-state index is 12.6. The summed E-state index contributed by atoms with van der Waals surface area (Å²) in [6.07, 6.45) is -0.0949. The lowest BCUT2D eigenvalue weighted by molar-refractivity contribution is -0.00177. The molecular formula is C21H22N4O3. The minimum atomic E-state index is -0.263. The van der Waals surface area contributed by atoms with Crippen LogP contribution in [0.5, 0.6) is 5.75 Å². The van der Waals surface area contributed by atoms with Gasteiger partial charge in [-0.25, -0.2) is 4.68 Å². The standard InChI is InChI=1S/C21H22N4O3/c1-14-6-8-16(9-7-14)19-12-25-18(13-28-19)20(23-24-25)21(26)22-11-15-4-3-5-17(10-15)27-2/h3-10,19H,11-13H2,1-2H3,(H,22,26)/t19-/m0/s1. The molecule has 1 aromatic heterocycles. The van der Waals surface area contributed by atoms with Gasteiger partial charge in [-0.3, -0.25) is 4.79 Å². The summed E-state index contributed by atoms with van der Waals surface area (Å²) in [5, 5.41) is 11.1. The molecule has 4 rings (SSSR count). The summed E-state index contributed by atoms with van der Waals surface area (Å²) in [5.41, 5.74) is 4.26. The molecule has 7 heteroatoms. The number of amides is 1. The molecule has 0 fully saturated rings. The average molecular weight is 378 g/mol. The van der Waals surface area contributed by atoms with E-state index in [1.807, 2.05) is 24.3 Å². The fraction of sp³-hybridized carbons (Fsp3) is 0.286. The Morgan fingerprint density at radius 3 is 2.89 bits per heavy atom. The Morgan fingerprint density at radius 1 is 1.29 bits per heavy atom. The van der Waals surface area contributed by atoms with Crippen molar-refractivity contribution in [3.63, 3.8) is 0 Å². The number of aryl methyl sites for hydroxylation is 1. The van der Waals surface area contributed by atoms with Gasteiger partial charge in [0, 0.05) is 6.54 Å². The molecular weight excluding hydrogens is 356 g/mol. The Hall–Kier alpha value is -3.19. The van der Waals surface area contributed by atoms with Crippen molar-refractivity contribution in [2.45, 2.75) is 32.7 Å². The van der Waals surface area contributed by atoms with Crippen molar-refractivity contribution in [3.8, 4) is 5.75 Å². The first-order chi connectivity index (χ1) is 13.6. The smallest absolute Gasteiger partial charge is 0.274 e. The Bertz CT molecular complexity index is 982. The van der Waals surface area contributed by atoms with E-state index in [2.05, 4.69) is 46.8 Å². The van der Waals surface area contributed by atoms with Crippen molar-refractivity contribution in [3.05, 3.63) is 76.6 Å². The van der Waals surface area contributed by atoms with Crippen LogP contribution < -0.4 is 10.1 Å². The van der Waals surface area contributed by atoms with Crippen LogP contribution in [0.1, 0.15) is 39.0 Å².